The van der Waals surface area contributed by atoms with Gasteiger partial charge in [0.2, 0.25) is 5.69 Å². The van der Waals surface area contributed by atoms with Gasteiger partial charge in [0.1, 0.15) is 7.05 Å². The van der Waals surface area contributed by atoms with Gasteiger partial charge in [-0.05, 0) is 49.1 Å². The number of nitrogens with zero attached hydrogens (tertiary/aromatic N) is 2. The van der Waals surface area contributed by atoms with Crippen LogP contribution in [0.3, 0.4) is 0 Å². The summed E-state index contributed by atoms with van der Waals surface area (Å²) >= 11 is 0. The van der Waals surface area contributed by atoms with Crippen molar-refractivity contribution in [1.82, 2.24) is 0 Å². The molecule has 0 unspecified atom stereocenters. The van der Waals surface area contributed by atoms with Crippen LogP contribution in [0, 0.1) is 0 Å². The molecule has 2 heteroatoms. The lowest BCUT2D eigenvalue weighted by atomic mass is 10.1. The highest BCUT2D eigenvalue weighted by atomic mass is 15.1. The van der Waals surface area contributed by atoms with E-state index < -0.39 is 0 Å². The lowest BCUT2D eigenvalue weighted by molar-refractivity contribution is -0.673. The van der Waals surface area contributed by atoms with Crippen LogP contribution in [-0.2, 0) is 7.05 Å². The highest BCUT2D eigenvalue weighted by Gasteiger charge is 2.10. The zero-order valence-electron chi connectivity index (χ0n) is 12.7. The number of hydrogen-bond donors (Lipinski definition) is 0. The third-order valence-electron chi connectivity index (χ3n) is 4.16. The first-order chi connectivity index (χ1) is 10.3. The smallest absolute Gasteiger partial charge is 0.204 e. The normalized spacial score (nSPS) is 15.6. The predicted molar refractivity (Wildman–Crippen MR) is 89.1 cm³/mol. The molecule has 1 aliphatic heterocycles. The summed E-state index contributed by atoms with van der Waals surface area (Å²) in [6, 6.07) is 15.2. The Balaban J connectivity index is 1.71. The Morgan fingerprint density at radius 3 is 2.38 bits per heavy atom. The summed E-state index contributed by atoms with van der Waals surface area (Å²) in [4.78, 5) is 2.49. The van der Waals surface area contributed by atoms with Crippen LogP contribution >= 0.6 is 0 Å². The maximum Gasteiger partial charge on any atom is 0.204 e. The van der Waals surface area contributed by atoms with Crippen molar-refractivity contribution in [1.29, 1.82) is 0 Å². The van der Waals surface area contributed by atoms with E-state index in [0.717, 1.165) is 0 Å². The first kappa shape index (κ1) is 13.9. The van der Waals surface area contributed by atoms with Gasteiger partial charge in [-0.15, -0.1) is 0 Å². The Bertz CT molecular complexity index is 608. The third-order valence-corrected chi connectivity index (χ3v) is 4.16. The van der Waals surface area contributed by atoms with E-state index in [0.29, 0.717) is 0 Å². The van der Waals surface area contributed by atoms with Crippen molar-refractivity contribution in [3.63, 3.8) is 0 Å². The van der Waals surface area contributed by atoms with Crippen molar-refractivity contribution < 1.29 is 4.57 Å². The van der Waals surface area contributed by atoms with E-state index in [1.54, 1.807) is 0 Å². The number of pyridine rings is 1. The van der Waals surface area contributed by atoms with Crippen molar-refractivity contribution in [2.45, 2.75) is 19.3 Å². The van der Waals surface area contributed by atoms with E-state index in [4.69, 9.17) is 0 Å². The van der Waals surface area contributed by atoms with Gasteiger partial charge in [-0.1, -0.05) is 12.1 Å². The highest BCUT2D eigenvalue weighted by molar-refractivity contribution is 5.68. The minimum Gasteiger partial charge on any atom is -0.372 e. The standard InChI is InChI=1S/C19H23N2/c1-20-14-6-3-7-18(20)11-8-17-9-12-19(13-10-17)21-15-4-2-5-16-21/h3,6-14H,2,4-5,15-16H2,1H3/q+1. The molecular formula is C19H23N2+. The van der Waals surface area contributed by atoms with Gasteiger partial charge in [-0.3, -0.25) is 0 Å². The largest absolute Gasteiger partial charge is 0.372 e. The number of aryl methyl sites for hydroxylation is 1. The van der Waals surface area contributed by atoms with E-state index in [1.165, 1.54) is 49.3 Å². The van der Waals surface area contributed by atoms with Gasteiger partial charge in [0.05, 0.1) is 0 Å². The van der Waals surface area contributed by atoms with Crippen molar-refractivity contribution in [3.8, 4) is 0 Å². The number of benzene rings is 1. The Morgan fingerprint density at radius 1 is 0.905 bits per heavy atom. The number of hydrogen-bond acceptors (Lipinski definition) is 1. The van der Waals surface area contributed by atoms with Crippen LogP contribution in [0.1, 0.15) is 30.5 Å². The second kappa shape index (κ2) is 6.57. The quantitative estimate of drug-likeness (QED) is 0.778. The lowest BCUT2D eigenvalue weighted by Gasteiger charge is -2.28. The van der Waals surface area contributed by atoms with Gasteiger partial charge < -0.3 is 4.90 Å². The topological polar surface area (TPSA) is 7.12 Å². The molecule has 0 aliphatic carbocycles. The first-order valence-corrected chi connectivity index (χ1v) is 7.81. The molecule has 0 amide bonds. The van der Waals surface area contributed by atoms with E-state index in [1.807, 2.05) is 6.07 Å². The number of rotatable bonds is 3. The van der Waals surface area contributed by atoms with Crippen LogP contribution in [0.25, 0.3) is 12.2 Å². The van der Waals surface area contributed by atoms with Gasteiger partial charge in [0.25, 0.3) is 0 Å². The molecule has 0 atom stereocenters. The average molecular weight is 279 g/mol. The molecule has 0 N–H and O–H groups in total. The van der Waals surface area contributed by atoms with Crippen molar-refractivity contribution in [2.24, 2.45) is 7.05 Å². The summed E-state index contributed by atoms with van der Waals surface area (Å²) in [5, 5.41) is 0. The Hall–Kier alpha value is -2.09. The van der Waals surface area contributed by atoms with Gasteiger partial charge in [-0.25, -0.2) is 4.57 Å². The number of anilines is 1. The lowest BCUT2D eigenvalue weighted by Crippen LogP contribution is -2.30. The van der Waals surface area contributed by atoms with Crippen LogP contribution in [0.15, 0.2) is 48.7 Å². The molecule has 1 aliphatic rings. The zero-order chi connectivity index (χ0) is 14.5. The SMILES string of the molecule is C[n+]1ccccc1/C=C/c1ccc(N2CCCCC2)cc1. The number of aromatic nitrogens is 1. The fraction of sp³-hybridized carbons (Fsp3) is 0.316. The van der Waals surface area contributed by atoms with E-state index in [2.05, 4.69) is 71.3 Å². The summed E-state index contributed by atoms with van der Waals surface area (Å²) in [7, 11) is 2.07. The van der Waals surface area contributed by atoms with Crippen LogP contribution in [0.2, 0.25) is 0 Å². The van der Waals surface area contributed by atoms with E-state index in [9.17, 15) is 0 Å². The molecule has 3 rings (SSSR count). The van der Waals surface area contributed by atoms with E-state index >= 15 is 0 Å². The monoisotopic (exact) mass is 279 g/mol. The molecule has 21 heavy (non-hydrogen) atoms. The maximum absolute atomic E-state index is 2.49. The van der Waals surface area contributed by atoms with E-state index in [-0.39, 0.29) is 0 Å². The summed E-state index contributed by atoms with van der Waals surface area (Å²) < 4.78 is 2.12. The number of piperidine rings is 1. The fourth-order valence-corrected chi connectivity index (χ4v) is 2.84. The molecule has 0 saturated carbocycles. The van der Waals surface area contributed by atoms with Gasteiger partial charge >= 0.3 is 0 Å². The first-order valence-electron chi connectivity index (χ1n) is 7.81. The minimum atomic E-state index is 1.20. The molecular weight excluding hydrogens is 256 g/mol. The summed E-state index contributed by atoms with van der Waals surface area (Å²) in [6.07, 6.45) is 10.4. The zero-order valence-corrected chi connectivity index (χ0v) is 12.7. The molecule has 0 radical (unpaired) electrons. The molecule has 2 aromatic rings. The summed E-state index contributed by atoms with van der Waals surface area (Å²) in [5.41, 5.74) is 3.81. The van der Waals surface area contributed by atoms with Crippen LogP contribution in [-0.4, -0.2) is 13.1 Å². The molecule has 1 aromatic heterocycles. The van der Waals surface area contributed by atoms with Crippen LogP contribution in [0.4, 0.5) is 5.69 Å². The predicted octanol–water partition coefficient (Wildman–Crippen LogP) is 3.67. The molecule has 1 aromatic carbocycles. The van der Waals surface area contributed by atoms with Gasteiger partial charge in [0, 0.05) is 37.0 Å². The Kier molecular flexibility index (Phi) is 4.34. The molecule has 2 heterocycles. The molecule has 2 nitrogen and oxygen atoms in total. The minimum absolute atomic E-state index is 1.20. The molecule has 1 fully saturated rings. The summed E-state index contributed by atoms with van der Waals surface area (Å²) in [6.45, 7) is 2.41. The second-order valence-electron chi connectivity index (χ2n) is 5.71. The molecule has 0 spiro atoms. The van der Waals surface area contributed by atoms with Crippen molar-refractivity contribution >= 4 is 17.8 Å². The molecule has 1 saturated heterocycles. The molecule has 108 valence electrons. The average Bonchev–Trinajstić information content (AvgIpc) is 2.55. The summed E-state index contributed by atoms with van der Waals surface area (Å²) in [5.74, 6) is 0. The molecule has 0 bridgehead atoms. The maximum atomic E-state index is 2.49. The van der Waals surface area contributed by atoms with Crippen molar-refractivity contribution in [2.75, 3.05) is 18.0 Å². The van der Waals surface area contributed by atoms with Gasteiger partial charge in [-0.2, -0.15) is 0 Å². The van der Waals surface area contributed by atoms with Crippen molar-refractivity contribution in [3.05, 3.63) is 59.9 Å². The van der Waals surface area contributed by atoms with Crippen LogP contribution in [0.5, 0.6) is 0 Å². The highest BCUT2D eigenvalue weighted by Crippen LogP contribution is 2.20. The third kappa shape index (κ3) is 3.52. The Morgan fingerprint density at radius 2 is 1.67 bits per heavy atom. The second-order valence-corrected chi connectivity index (χ2v) is 5.71. The Labute approximate surface area is 127 Å². The fourth-order valence-electron chi connectivity index (χ4n) is 2.84. The van der Waals surface area contributed by atoms with Crippen LogP contribution < -0.4 is 9.47 Å². The van der Waals surface area contributed by atoms with Gasteiger partial charge in [0.15, 0.2) is 6.20 Å².